The molecule has 3 rings (SSSR count). The van der Waals surface area contributed by atoms with Crippen molar-refractivity contribution < 1.29 is 14.3 Å². The van der Waals surface area contributed by atoms with E-state index in [-0.39, 0.29) is 18.4 Å². The number of rotatable bonds is 3. The first-order valence-electron chi connectivity index (χ1n) is 7.12. The minimum atomic E-state index is -0.212. The quantitative estimate of drug-likeness (QED) is 0.915. The van der Waals surface area contributed by atoms with Crippen molar-refractivity contribution in [3.63, 3.8) is 0 Å². The average Bonchev–Trinajstić information content (AvgIpc) is 2.54. The lowest BCUT2D eigenvalue weighted by molar-refractivity contribution is -0.118. The molecule has 112 valence electrons. The SMILES string of the molecule is CCc1cccc(NC(=O)c2ccc3c(c2)OCC(=O)N3)c1. The van der Waals surface area contributed by atoms with Crippen molar-refractivity contribution in [2.45, 2.75) is 13.3 Å². The number of carbonyl (C=O) groups is 2. The third-order valence-electron chi connectivity index (χ3n) is 3.47. The lowest BCUT2D eigenvalue weighted by atomic mass is 10.1. The Hall–Kier alpha value is -2.82. The Morgan fingerprint density at radius 3 is 2.95 bits per heavy atom. The molecule has 22 heavy (non-hydrogen) atoms. The molecule has 0 aromatic heterocycles. The molecule has 1 aliphatic rings. The first-order valence-corrected chi connectivity index (χ1v) is 7.12. The molecule has 2 aromatic rings. The maximum absolute atomic E-state index is 12.3. The molecular weight excluding hydrogens is 280 g/mol. The predicted molar refractivity (Wildman–Crippen MR) is 84.3 cm³/mol. The highest BCUT2D eigenvalue weighted by Gasteiger charge is 2.17. The molecule has 2 aromatic carbocycles. The van der Waals surface area contributed by atoms with E-state index in [0.717, 1.165) is 17.7 Å². The molecule has 0 saturated heterocycles. The molecule has 0 fully saturated rings. The zero-order valence-electron chi connectivity index (χ0n) is 12.2. The molecule has 0 aliphatic carbocycles. The van der Waals surface area contributed by atoms with E-state index < -0.39 is 0 Å². The number of nitrogens with one attached hydrogen (secondary N) is 2. The van der Waals surface area contributed by atoms with Gasteiger partial charge in [-0.1, -0.05) is 19.1 Å². The standard InChI is InChI=1S/C17H16N2O3/c1-2-11-4-3-5-13(8-11)18-17(21)12-6-7-14-15(9-12)22-10-16(20)19-14/h3-9H,2,10H2,1H3,(H,18,21)(H,19,20). The maximum atomic E-state index is 12.3. The number of ether oxygens (including phenoxy) is 1. The number of carbonyl (C=O) groups excluding carboxylic acids is 2. The van der Waals surface area contributed by atoms with Crippen LogP contribution < -0.4 is 15.4 Å². The molecule has 0 unspecified atom stereocenters. The zero-order chi connectivity index (χ0) is 15.5. The summed E-state index contributed by atoms with van der Waals surface area (Å²) >= 11 is 0. The molecule has 5 heteroatoms. The van der Waals surface area contributed by atoms with E-state index in [0.29, 0.717) is 17.0 Å². The monoisotopic (exact) mass is 296 g/mol. The van der Waals surface area contributed by atoms with E-state index in [1.165, 1.54) is 0 Å². The number of benzene rings is 2. The van der Waals surface area contributed by atoms with Crippen LogP contribution in [0.1, 0.15) is 22.8 Å². The summed E-state index contributed by atoms with van der Waals surface area (Å²) in [5.41, 5.74) is 2.99. The van der Waals surface area contributed by atoms with E-state index in [1.807, 2.05) is 24.3 Å². The molecule has 0 spiro atoms. The highest BCUT2D eigenvalue weighted by atomic mass is 16.5. The Balaban J connectivity index is 1.79. The van der Waals surface area contributed by atoms with Gasteiger partial charge < -0.3 is 15.4 Å². The van der Waals surface area contributed by atoms with Gasteiger partial charge in [0.1, 0.15) is 5.75 Å². The first kappa shape index (κ1) is 14.1. The molecular formula is C17H16N2O3. The van der Waals surface area contributed by atoms with Crippen LogP contribution >= 0.6 is 0 Å². The number of hydrogen-bond donors (Lipinski definition) is 2. The minimum Gasteiger partial charge on any atom is -0.482 e. The highest BCUT2D eigenvalue weighted by molar-refractivity contribution is 6.05. The fraction of sp³-hybridized carbons (Fsp3) is 0.176. The van der Waals surface area contributed by atoms with Gasteiger partial charge in [0.15, 0.2) is 6.61 Å². The van der Waals surface area contributed by atoms with Gasteiger partial charge in [-0.15, -0.1) is 0 Å². The second kappa shape index (κ2) is 5.89. The van der Waals surface area contributed by atoms with Crippen molar-refractivity contribution in [1.82, 2.24) is 0 Å². The summed E-state index contributed by atoms with van der Waals surface area (Å²) in [5, 5.41) is 5.56. The van der Waals surface area contributed by atoms with Crippen LogP contribution in [0, 0.1) is 0 Å². The fourth-order valence-electron chi connectivity index (χ4n) is 2.29. The Labute approximate surface area is 128 Å². The van der Waals surface area contributed by atoms with Crippen molar-refractivity contribution in [2.24, 2.45) is 0 Å². The van der Waals surface area contributed by atoms with Crippen molar-refractivity contribution in [2.75, 3.05) is 17.2 Å². The van der Waals surface area contributed by atoms with Crippen LogP contribution in [-0.4, -0.2) is 18.4 Å². The van der Waals surface area contributed by atoms with Crippen LogP contribution in [0.4, 0.5) is 11.4 Å². The summed E-state index contributed by atoms with van der Waals surface area (Å²) in [5.74, 6) is 0.104. The van der Waals surface area contributed by atoms with Crippen LogP contribution in [0.15, 0.2) is 42.5 Å². The van der Waals surface area contributed by atoms with Gasteiger partial charge in [-0.3, -0.25) is 9.59 Å². The second-order valence-corrected chi connectivity index (χ2v) is 5.06. The molecule has 0 atom stereocenters. The van der Waals surface area contributed by atoms with Crippen molar-refractivity contribution >= 4 is 23.2 Å². The Bertz CT molecular complexity index is 740. The molecule has 1 heterocycles. The van der Waals surface area contributed by atoms with Crippen LogP contribution in [0.3, 0.4) is 0 Å². The summed E-state index contributed by atoms with van der Waals surface area (Å²) in [6.45, 7) is 2.03. The Morgan fingerprint density at radius 1 is 1.27 bits per heavy atom. The largest absolute Gasteiger partial charge is 0.482 e. The average molecular weight is 296 g/mol. The van der Waals surface area contributed by atoms with E-state index in [1.54, 1.807) is 18.2 Å². The fourth-order valence-corrected chi connectivity index (χ4v) is 2.29. The first-order chi connectivity index (χ1) is 10.7. The van der Waals surface area contributed by atoms with Gasteiger partial charge in [-0.2, -0.15) is 0 Å². The van der Waals surface area contributed by atoms with Crippen molar-refractivity contribution in [3.8, 4) is 5.75 Å². The summed E-state index contributed by atoms with van der Waals surface area (Å²) < 4.78 is 5.32. The third-order valence-corrected chi connectivity index (χ3v) is 3.47. The minimum absolute atomic E-state index is 0.0311. The summed E-state index contributed by atoms with van der Waals surface area (Å²) in [6, 6.07) is 12.7. The lowest BCUT2D eigenvalue weighted by Crippen LogP contribution is -2.25. The smallest absolute Gasteiger partial charge is 0.262 e. The highest BCUT2D eigenvalue weighted by Crippen LogP contribution is 2.28. The lowest BCUT2D eigenvalue weighted by Gasteiger charge is -2.18. The number of hydrogen-bond acceptors (Lipinski definition) is 3. The number of amides is 2. The topological polar surface area (TPSA) is 67.4 Å². The molecule has 0 radical (unpaired) electrons. The van der Waals surface area contributed by atoms with Gasteiger partial charge in [-0.25, -0.2) is 0 Å². The number of aryl methyl sites for hydroxylation is 1. The molecule has 0 bridgehead atoms. The predicted octanol–water partition coefficient (Wildman–Crippen LogP) is 2.83. The second-order valence-electron chi connectivity index (χ2n) is 5.06. The Kier molecular flexibility index (Phi) is 3.78. The van der Waals surface area contributed by atoms with Gasteiger partial charge in [-0.05, 0) is 42.3 Å². The van der Waals surface area contributed by atoms with E-state index in [4.69, 9.17) is 4.74 Å². The van der Waals surface area contributed by atoms with Crippen LogP contribution in [0.5, 0.6) is 5.75 Å². The van der Waals surface area contributed by atoms with E-state index >= 15 is 0 Å². The van der Waals surface area contributed by atoms with Crippen molar-refractivity contribution in [1.29, 1.82) is 0 Å². The third kappa shape index (κ3) is 2.93. The molecule has 1 aliphatic heterocycles. The molecule has 2 amide bonds. The van der Waals surface area contributed by atoms with Crippen LogP contribution in [-0.2, 0) is 11.2 Å². The zero-order valence-corrected chi connectivity index (χ0v) is 12.2. The van der Waals surface area contributed by atoms with Gasteiger partial charge in [0.2, 0.25) is 0 Å². The number of anilines is 2. The van der Waals surface area contributed by atoms with Crippen LogP contribution in [0.2, 0.25) is 0 Å². The van der Waals surface area contributed by atoms with Crippen molar-refractivity contribution in [3.05, 3.63) is 53.6 Å². The van der Waals surface area contributed by atoms with Gasteiger partial charge >= 0.3 is 0 Å². The maximum Gasteiger partial charge on any atom is 0.262 e. The summed E-state index contributed by atoms with van der Waals surface area (Å²) in [6.07, 6.45) is 0.913. The molecule has 0 saturated carbocycles. The number of fused-ring (bicyclic) bond motifs is 1. The van der Waals surface area contributed by atoms with Gasteiger partial charge in [0.25, 0.3) is 11.8 Å². The normalized spacial score (nSPS) is 12.9. The van der Waals surface area contributed by atoms with E-state index in [2.05, 4.69) is 17.6 Å². The molecule has 2 N–H and O–H groups in total. The van der Waals surface area contributed by atoms with Crippen LogP contribution in [0.25, 0.3) is 0 Å². The van der Waals surface area contributed by atoms with Gasteiger partial charge in [0.05, 0.1) is 5.69 Å². The summed E-state index contributed by atoms with van der Waals surface area (Å²) in [4.78, 5) is 23.5. The van der Waals surface area contributed by atoms with Gasteiger partial charge in [0, 0.05) is 11.3 Å². The Morgan fingerprint density at radius 2 is 2.14 bits per heavy atom. The van der Waals surface area contributed by atoms with E-state index in [9.17, 15) is 9.59 Å². The summed E-state index contributed by atoms with van der Waals surface area (Å²) in [7, 11) is 0. The molecule has 5 nitrogen and oxygen atoms in total.